The SMILES string of the molecule is CCN(CC)C(CNc1ccc2nnnn2n1)c1cccc(OC)c1. The zero-order valence-electron chi connectivity index (χ0n) is 14.8. The second-order valence-electron chi connectivity index (χ2n) is 5.64. The van der Waals surface area contributed by atoms with Crippen LogP contribution >= 0.6 is 0 Å². The molecule has 1 aromatic carbocycles. The standard InChI is InChI=1S/C17H23N7O/c1-4-23(5-2)15(13-7-6-8-14(11-13)25-3)12-18-16-9-10-17-19-21-22-24(17)20-16/h6-11,15H,4-5,12H2,1-3H3,(H,18,20). The van der Waals surface area contributed by atoms with Gasteiger partial charge in [-0.25, -0.2) is 0 Å². The van der Waals surface area contributed by atoms with E-state index in [0.29, 0.717) is 5.65 Å². The van der Waals surface area contributed by atoms with Gasteiger partial charge in [-0.1, -0.05) is 26.0 Å². The van der Waals surface area contributed by atoms with Gasteiger partial charge in [0.25, 0.3) is 0 Å². The first-order chi connectivity index (χ1) is 12.2. The van der Waals surface area contributed by atoms with Crippen LogP contribution in [0.2, 0.25) is 0 Å². The van der Waals surface area contributed by atoms with Gasteiger partial charge in [0, 0.05) is 6.54 Å². The molecule has 132 valence electrons. The molecule has 0 radical (unpaired) electrons. The summed E-state index contributed by atoms with van der Waals surface area (Å²) in [5.41, 5.74) is 1.83. The molecule has 0 fully saturated rings. The Balaban J connectivity index is 1.81. The molecule has 1 atom stereocenters. The van der Waals surface area contributed by atoms with E-state index in [2.05, 4.69) is 56.8 Å². The lowest BCUT2D eigenvalue weighted by atomic mass is 10.0. The minimum atomic E-state index is 0.205. The summed E-state index contributed by atoms with van der Waals surface area (Å²) in [6.45, 7) is 6.97. The first-order valence-corrected chi connectivity index (χ1v) is 8.42. The van der Waals surface area contributed by atoms with Gasteiger partial charge in [-0.3, -0.25) is 4.90 Å². The van der Waals surface area contributed by atoms with E-state index < -0.39 is 0 Å². The molecule has 8 heteroatoms. The van der Waals surface area contributed by atoms with E-state index in [1.165, 1.54) is 10.2 Å². The normalized spacial score (nSPS) is 12.5. The minimum absolute atomic E-state index is 0.205. The zero-order chi connectivity index (χ0) is 17.6. The summed E-state index contributed by atoms with van der Waals surface area (Å²) >= 11 is 0. The van der Waals surface area contributed by atoms with Crippen molar-refractivity contribution in [2.24, 2.45) is 0 Å². The molecule has 1 unspecified atom stereocenters. The summed E-state index contributed by atoms with van der Waals surface area (Å²) in [4.78, 5) is 2.40. The number of ether oxygens (including phenoxy) is 1. The van der Waals surface area contributed by atoms with Crippen molar-refractivity contribution in [3.05, 3.63) is 42.0 Å². The molecule has 0 bridgehead atoms. The van der Waals surface area contributed by atoms with Crippen molar-refractivity contribution in [2.75, 3.05) is 32.1 Å². The minimum Gasteiger partial charge on any atom is -0.497 e. The van der Waals surface area contributed by atoms with E-state index in [0.717, 1.165) is 31.2 Å². The lowest BCUT2D eigenvalue weighted by molar-refractivity contribution is 0.227. The molecule has 0 saturated carbocycles. The van der Waals surface area contributed by atoms with Crippen LogP contribution in [0.3, 0.4) is 0 Å². The predicted molar refractivity (Wildman–Crippen MR) is 95.7 cm³/mol. The summed E-state index contributed by atoms with van der Waals surface area (Å²) in [5.74, 6) is 1.60. The zero-order valence-corrected chi connectivity index (χ0v) is 14.8. The van der Waals surface area contributed by atoms with Crippen molar-refractivity contribution < 1.29 is 4.74 Å². The Morgan fingerprint density at radius 1 is 1.20 bits per heavy atom. The number of aromatic nitrogens is 5. The number of nitrogens with one attached hydrogen (secondary N) is 1. The lowest BCUT2D eigenvalue weighted by Gasteiger charge is -2.30. The van der Waals surface area contributed by atoms with Crippen LogP contribution < -0.4 is 10.1 Å². The Hall–Kier alpha value is -2.74. The number of fused-ring (bicyclic) bond motifs is 1. The van der Waals surface area contributed by atoms with Gasteiger partial charge in [-0.05, 0) is 53.3 Å². The second kappa shape index (κ2) is 7.89. The molecule has 0 aliphatic rings. The Kier molecular flexibility index (Phi) is 5.39. The van der Waals surface area contributed by atoms with E-state index in [1.54, 1.807) is 7.11 Å². The third-order valence-electron chi connectivity index (χ3n) is 4.28. The van der Waals surface area contributed by atoms with Gasteiger partial charge in [0.1, 0.15) is 11.6 Å². The number of rotatable bonds is 8. The molecule has 1 N–H and O–H groups in total. The van der Waals surface area contributed by atoms with Gasteiger partial charge in [-0.15, -0.1) is 14.8 Å². The van der Waals surface area contributed by atoms with Gasteiger partial charge in [0.2, 0.25) is 0 Å². The van der Waals surface area contributed by atoms with Crippen molar-refractivity contribution >= 4 is 11.5 Å². The molecule has 8 nitrogen and oxygen atoms in total. The van der Waals surface area contributed by atoms with Crippen molar-refractivity contribution in [3.8, 4) is 5.75 Å². The molecule has 2 heterocycles. The molecule has 0 aliphatic heterocycles. The second-order valence-corrected chi connectivity index (χ2v) is 5.64. The fraction of sp³-hybridized carbons (Fsp3) is 0.412. The Labute approximate surface area is 146 Å². The summed E-state index contributed by atoms with van der Waals surface area (Å²) < 4.78 is 6.79. The Morgan fingerprint density at radius 2 is 2.04 bits per heavy atom. The molecule has 25 heavy (non-hydrogen) atoms. The van der Waals surface area contributed by atoms with Crippen LogP contribution in [0.4, 0.5) is 5.82 Å². The van der Waals surface area contributed by atoms with Crippen LogP contribution in [-0.4, -0.2) is 56.9 Å². The average molecular weight is 341 g/mol. The summed E-state index contributed by atoms with van der Waals surface area (Å²) in [5, 5.41) is 19.1. The number of hydrogen-bond acceptors (Lipinski definition) is 7. The van der Waals surface area contributed by atoms with Crippen LogP contribution in [0.1, 0.15) is 25.5 Å². The Morgan fingerprint density at radius 3 is 2.80 bits per heavy atom. The first kappa shape index (κ1) is 17.1. The maximum absolute atomic E-state index is 5.38. The number of nitrogens with zero attached hydrogens (tertiary/aromatic N) is 6. The highest BCUT2D eigenvalue weighted by Gasteiger charge is 2.18. The van der Waals surface area contributed by atoms with Crippen LogP contribution in [0.5, 0.6) is 5.75 Å². The van der Waals surface area contributed by atoms with E-state index in [4.69, 9.17) is 4.74 Å². The third-order valence-corrected chi connectivity index (χ3v) is 4.28. The van der Waals surface area contributed by atoms with Gasteiger partial charge < -0.3 is 10.1 Å². The predicted octanol–water partition coefficient (Wildman–Crippen LogP) is 2.02. The summed E-state index contributed by atoms with van der Waals surface area (Å²) in [7, 11) is 1.69. The number of hydrogen-bond donors (Lipinski definition) is 1. The van der Waals surface area contributed by atoms with E-state index >= 15 is 0 Å². The van der Waals surface area contributed by atoms with Gasteiger partial charge in [-0.2, -0.15) is 0 Å². The molecule has 0 amide bonds. The molecular formula is C17H23N7O. The number of tetrazole rings is 1. The average Bonchev–Trinajstić information content (AvgIpc) is 3.13. The molecule has 3 rings (SSSR count). The van der Waals surface area contributed by atoms with E-state index in [9.17, 15) is 0 Å². The van der Waals surface area contributed by atoms with Gasteiger partial charge >= 0.3 is 0 Å². The maximum Gasteiger partial charge on any atom is 0.200 e. The highest BCUT2D eigenvalue weighted by atomic mass is 16.5. The van der Waals surface area contributed by atoms with Crippen molar-refractivity contribution in [2.45, 2.75) is 19.9 Å². The molecule has 0 aliphatic carbocycles. The molecule has 3 aromatic rings. The lowest BCUT2D eigenvalue weighted by Crippen LogP contribution is -2.33. The van der Waals surface area contributed by atoms with Crippen LogP contribution in [0.15, 0.2) is 36.4 Å². The molecular weight excluding hydrogens is 318 g/mol. The molecule has 2 aromatic heterocycles. The quantitative estimate of drug-likeness (QED) is 0.671. The van der Waals surface area contributed by atoms with Gasteiger partial charge in [0.05, 0.1) is 13.2 Å². The van der Waals surface area contributed by atoms with Crippen molar-refractivity contribution in [1.82, 2.24) is 30.2 Å². The maximum atomic E-state index is 5.38. The smallest absolute Gasteiger partial charge is 0.200 e. The number of anilines is 1. The highest BCUT2D eigenvalue weighted by molar-refractivity contribution is 5.42. The van der Waals surface area contributed by atoms with Crippen LogP contribution in [-0.2, 0) is 0 Å². The van der Waals surface area contributed by atoms with Gasteiger partial charge in [0.15, 0.2) is 5.65 Å². The largest absolute Gasteiger partial charge is 0.497 e. The van der Waals surface area contributed by atoms with E-state index in [1.807, 2.05) is 24.3 Å². The van der Waals surface area contributed by atoms with Crippen molar-refractivity contribution in [3.63, 3.8) is 0 Å². The Bertz CT molecular complexity index is 815. The molecule has 0 saturated heterocycles. The number of methoxy groups -OCH3 is 1. The van der Waals surface area contributed by atoms with Crippen molar-refractivity contribution in [1.29, 1.82) is 0 Å². The summed E-state index contributed by atoms with van der Waals surface area (Å²) in [6, 6.07) is 12.1. The molecule has 0 spiro atoms. The fourth-order valence-corrected chi connectivity index (χ4v) is 2.92. The summed E-state index contributed by atoms with van der Waals surface area (Å²) in [6.07, 6.45) is 0. The van der Waals surface area contributed by atoms with Crippen LogP contribution in [0, 0.1) is 0 Å². The number of likely N-dealkylation sites (N-methyl/N-ethyl adjacent to an activating group) is 1. The number of benzene rings is 1. The fourth-order valence-electron chi connectivity index (χ4n) is 2.92. The highest BCUT2D eigenvalue weighted by Crippen LogP contribution is 2.24. The van der Waals surface area contributed by atoms with E-state index in [-0.39, 0.29) is 6.04 Å². The first-order valence-electron chi connectivity index (χ1n) is 8.42. The van der Waals surface area contributed by atoms with Crippen LogP contribution in [0.25, 0.3) is 5.65 Å². The monoisotopic (exact) mass is 341 g/mol. The third kappa shape index (κ3) is 3.85. The topological polar surface area (TPSA) is 80.5 Å².